The van der Waals surface area contributed by atoms with E-state index in [0.717, 1.165) is 0 Å². The number of carbonyl (C=O) groups excluding carboxylic acids is 3. The van der Waals surface area contributed by atoms with Gasteiger partial charge >= 0.3 is 0 Å². The van der Waals surface area contributed by atoms with Crippen LogP contribution in [-0.2, 0) is 14.4 Å². The van der Waals surface area contributed by atoms with Crippen molar-refractivity contribution in [2.75, 3.05) is 36.0 Å². The van der Waals surface area contributed by atoms with Gasteiger partial charge in [0, 0.05) is 33.1 Å². The van der Waals surface area contributed by atoms with Gasteiger partial charge in [-0.25, -0.2) is 4.98 Å². The molecule has 3 heterocycles. The molecule has 2 fully saturated rings. The molecule has 0 bridgehead atoms. The summed E-state index contributed by atoms with van der Waals surface area (Å²) in [6.45, 7) is 3.96. The van der Waals surface area contributed by atoms with Gasteiger partial charge in [-0.3, -0.25) is 24.6 Å². The first kappa shape index (κ1) is 25.8. The number of carbonyl (C=O) groups is 3. The van der Waals surface area contributed by atoms with Crippen LogP contribution in [0.25, 0.3) is 6.08 Å². The molecular formula is C26H22ClN5O4S2. The van der Waals surface area contributed by atoms with E-state index in [2.05, 4.69) is 10.3 Å². The first-order chi connectivity index (χ1) is 18.3. The molecule has 1 N–H and O–H groups in total. The highest BCUT2D eigenvalue weighted by atomic mass is 35.5. The lowest BCUT2D eigenvalue weighted by molar-refractivity contribution is -0.129. The van der Waals surface area contributed by atoms with Gasteiger partial charge in [0.2, 0.25) is 5.91 Å². The molecule has 2 saturated heterocycles. The summed E-state index contributed by atoms with van der Waals surface area (Å²) in [5.41, 5.74) is 0.368. The number of nitrogens with zero attached hydrogens (tertiary/aromatic N) is 4. The number of piperazine rings is 1. The second-order valence-corrected chi connectivity index (χ2v) is 10.3. The molecule has 2 aromatic carbocycles. The Hall–Kier alpha value is -3.80. The highest BCUT2D eigenvalue weighted by Crippen LogP contribution is 2.33. The lowest BCUT2D eigenvalue weighted by Gasteiger charge is -2.33. The van der Waals surface area contributed by atoms with E-state index in [4.69, 9.17) is 28.6 Å². The van der Waals surface area contributed by atoms with Crippen molar-refractivity contribution in [2.24, 2.45) is 0 Å². The van der Waals surface area contributed by atoms with Gasteiger partial charge in [-0.2, -0.15) is 0 Å². The minimum atomic E-state index is -0.610. The summed E-state index contributed by atoms with van der Waals surface area (Å²) in [5.74, 6) is 0.125. The Labute approximate surface area is 233 Å². The second kappa shape index (κ2) is 10.9. The van der Waals surface area contributed by atoms with E-state index in [-0.39, 0.29) is 21.7 Å². The van der Waals surface area contributed by atoms with Gasteiger partial charge in [-0.15, -0.1) is 0 Å². The van der Waals surface area contributed by atoms with Gasteiger partial charge in [-0.05, 0) is 54.7 Å². The Morgan fingerprint density at radius 2 is 1.71 bits per heavy atom. The standard InChI is InChI=1S/C26H22ClN5O4S2/c1-16(33)30-11-13-31(14-12-30)26-28-22(27)21(38-26)15-20-23(34)29-25(37)32(24(20)35)17-7-9-19(10-8-17)36-18-5-3-2-4-6-18/h2-10,15H,11-14H2,1H3,(H,29,34,37). The van der Waals surface area contributed by atoms with Crippen LogP contribution >= 0.6 is 35.2 Å². The van der Waals surface area contributed by atoms with E-state index < -0.39 is 11.8 Å². The normalized spacial score (nSPS) is 17.2. The zero-order valence-electron chi connectivity index (χ0n) is 20.2. The number of ether oxygens (including phenoxy) is 1. The smallest absolute Gasteiger partial charge is 0.270 e. The molecule has 12 heteroatoms. The van der Waals surface area contributed by atoms with E-state index in [1.54, 1.807) is 36.1 Å². The maximum absolute atomic E-state index is 13.4. The Balaban J connectivity index is 1.35. The van der Waals surface area contributed by atoms with Gasteiger partial charge < -0.3 is 14.5 Å². The molecule has 0 atom stereocenters. The minimum Gasteiger partial charge on any atom is -0.457 e. The summed E-state index contributed by atoms with van der Waals surface area (Å²) >= 11 is 13.0. The molecule has 38 heavy (non-hydrogen) atoms. The van der Waals surface area contributed by atoms with Crippen molar-refractivity contribution < 1.29 is 19.1 Å². The topological polar surface area (TPSA) is 95.1 Å². The van der Waals surface area contributed by atoms with Crippen LogP contribution in [-0.4, -0.2) is 58.9 Å². The number of hydrogen-bond acceptors (Lipinski definition) is 8. The molecule has 2 aliphatic heterocycles. The van der Waals surface area contributed by atoms with Crippen LogP contribution in [0.1, 0.15) is 11.8 Å². The Morgan fingerprint density at radius 3 is 2.37 bits per heavy atom. The van der Waals surface area contributed by atoms with Gasteiger partial charge in [0.25, 0.3) is 11.8 Å². The van der Waals surface area contributed by atoms with Crippen molar-refractivity contribution in [2.45, 2.75) is 6.92 Å². The predicted molar refractivity (Wildman–Crippen MR) is 151 cm³/mol. The number of thiocarbonyl (C=S) groups is 1. The van der Waals surface area contributed by atoms with Gasteiger partial charge in [0.1, 0.15) is 22.2 Å². The molecule has 2 aliphatic rings. The summed E-state index contributed by atoms with van der Waals surface area (Å²) in [6.07, 6.45) is 1.44. The predicted octanol–water partition coefficient (Wildman–Crippen LogP) is 4.09. The fraction of sp³-hybridized carbons (Fsp3) is 0.192. The molecule has 0 spiro atoms. The number of rotatable bonds is 5. The third-order valence-electron chi connectivity index (χ3n) is 6.04. The van der Waals surface area contributed by atoms with E-state index >= 15 is 0 Å². The summed E-state index contributed by atoms with van der Waals surface area (Å²) in [6, 6.07) is 16.1. The van der Waals surface area contributed by atoms with Crippen LogP contribution in [0.4, 0.5) is 10.8 Å². The molecule has 5 rings (SSSR count). The third-order valence-corrected chi connectivity index (χ3v) is 7.79. The Kier molecular flexibility index (Phi) is 7.41. The van der Waals surface area contributed by atoms with Crippen molar-refractivity contribution in [3.05, 3.63) is 70.2 Å². The highest BCUT2D eigenvalue weighted by molar-refractivity contribution is 7.80. The van der Waals surface area contributed by atoms with Gasteiger partial charge in [-0.1, -0.05) is 41.1 Å². The molecule has 194 valence electrons. The van der Waals surface area contributed by atoms with E-state index in [1.807, 2.05) is 35.2 Å². The second-order valence-electron chi connectivity index (χ2n) is 8.51. The van der Waals surface area contributed by atoms with Crippen molar-refractivity contribution >= 4 is 74.9 Å². The number of para-hydroxylation sites is 1. The number of nitrogens with one attached hydrogen (secondary N) is 1. The molecular weight excluding hydrogens is 546 g/mol. The quantitative estimate of drug-likeness (QED) is 0.282. The molecule has 0 radical (unpaired) electrons. The van der Waals surface area contributed by atoms with Crippen molar-refractivity contribution in [3.8, 4) is 11.5 Å². The van der Waals surface area contributed by atoms with E-state index in [0.29, 0.717) is 53.4 Å². The van der Waals surface area contributed by atoms with Crippen LogP contribution in [0.2, 0.25) is 5.15 Å². The van der Waals surface area contributed by atoms with Gasteiger partial charge in [0.15, 0.2) is 10.2 Å². The summed E-state index contributed by atoms with van der Waals surface area (Å²) in [4.78, 5) is 47.7. The van der Waals surface area contributed by atoms with E-state index in [1.165, 1.54) is 22.3 Å². The maximum atomic E-state index is 13.4. The van der Waals surface area contributed by atoms with Gasteiger partial charge in [0.05, 0.1) is 10.6 Å². The maximum Gasteiger partial charge on any atom is 0.270 e. The number of halogens is 1. The van der Waals surface area contributed by atoms with Crippen LogP contribution in [0.3, 0.4) is 0 Å². The monoisotopic (exact) mass is 567 g/mol. The summed E-state index contributed by atoms with van der Waals surface area (Å²) in [7, 11) is 0. The fourth-order valence-electron chi connectivity index (χ4n) is 4.05. The molecule has 3 amide bonds. The average Bonchev–Trinajstić information content (AvgIpc) is 3.28. The van der Waals surface area contributed by atoms with Crippen LogP contribution in [0.15, 0.2) is 60.2 Å². The third kappa shape index (κ3) is 5.40. The van der Waals surface area contributed by atoms with Crippen molar-refractivity contribution in [1.82, 2.24) is 15.2 Å². The lowest BCUT2D eigenvalue weighted by Crippen LogP contribution is -2.54. The molecule has 9 nitrogen and oxygen atoms in total. The number of benzene rings is 2. The number of amides is 3. The lowest BCUT2D eigenvalue weighted by atomic mass is 10.1. The molecule has 0 unspecified atom stereocenters. The molecule has 0 aliphatic carbocycles. The van der Waals surface area contributed by atoms with E-state index in [9.17, 15) is 14.4 Å². The number of anilines is 2. The number of hydrogen-bond donors (Lipinski definition) is 1. The SMILES string of the molecule is CC(=O)N1CCN(c2nc(Cl)c(C=C3C(=O)NC(=S)N(c4ccc(Oc5ccccc5)cc4)C3=O)s2)CC1. The summed E-state index contributed by atoms with van der Waals surface area (Å²) in [5, 5.41) is 3.41. The zero-order chi connectivity index (χ0) is 26.8. The largest absolute Gasteiger partial charge is 0.457 e. The average molecular weight is 568 g/mol. The molecule has 0 saturated carbocycles. The highest BCUT2D eigenvalue weighted by Gasteiger charge is 2.35. The Bertz CT molecular complexity index is 1430. The van der Waals surface area contributed by atoms with Crippen LogP contribution in [0.5, 0.6) is 11.5 Å². The van der Waals surface area contributed by atoms with Crippen LogP contribution in [0, 0.1) is 0 Å². The van der Waals surface area contributed by atoms with Crippen molar-refractivity contribution in [1.29, 1.82) is 0 Å². The zero-order valence-corrected chi connectivity index (χ0v) is 22.6. The molecule has 1 aromatic heterocycles. The number of aromatic nitrogens is 1. The number of thiazole rings is 1. The first-order valence-corrected chi connectivity index (χ1v) is 13.3. The first-order valence-electron chi connectivity index (χ1n) is 11.7. The minimum absolute atomic E-state index is 0.0201. The fourth-order valence-corrected chi connectivity index (χ4v) is 5.58. The van der Waals surface area contributed by atoms with Crippen molar-refractivity contribution in [3.63, 3.8) is 0 Å². The molecule has 3 aromatic rings. The van der Waals surface area contributed by atoms with Crippen LogP contribution < -0.4 is 19.9 Å². The Morgan fingerprint density at radius 1 is 1.05 bits per heavy atom. The summed E-state index contributed by atoms with van der Waals surface area (Å²) < 4.78 is 5.81.